The Kier molecular flexibility index (Phi) is 5.68. The molecule has 2 aromatic carbocycles. The highest BCUT2D eigenvalue weighted by molar-refractivity contribution is 6.31. The molecule has 0 fully saturated rings. The van der Waals surface area contributed by atoms with Crippen LogP contribution < -0.4 is 10.1 Å². The number of nitrogens with zero attached hydrogens (tertiary/aromatic N) is 2. The first-order valence-corrected chi connectivity index (χ1v) is 9.66. The summed E-state index contributed by atoms with van der Waals surface area (Å²) >= 11 is 6.01. The Morgan fingerprint density at radius 3 is 2.61 bits per heavy atom. The number of anilines is 1. The SMILES string of the molecule is COC(=O)[C@]12OCN(C(=O)Nc3ccc(OC(F)(F)F)cc3)N=C1c1ccc(Cl)cc1C2O. The van der Waals surface area contributed by atoms with Gasteiger partial charge in [-0.3, -0.25) is 0 Å². The second-order valence-electron chi connectivity index (χ2n) is 6.99. The molecule has 13 heteroatoms. The molecular weight excluding hydrogens is 471 g/mol. The second-order valence-corrected chi connectivity index (χ2v) is 7.42. The van der Waals surface area contributed by atoms with Crippen LogP contribution in [0.3, 0.4) is 0 Å². The van der Waals surface area contributed by atoms with Crippen LogP contribution in [0.1, 0.15) is 17.2 Å². The summed E-state index contributed by atoms with van der Waals surface area (Å²) in [6.45, 7) is -0.529. The molecule has 0 spiro atoms. The summed E-state index contributed by atoms with van der Waals surface area (Å²) in [7, 11) is 1.12. The Labute approximate surface area is 189 Å². The van der Waals surface area contributed by atoms with Gasteiger partial charge in [0.15, 0.2) is 0 Å². The highest BCUT2D eigenvalue weighted by Gasteiger charge is 2.61. The fourth-order valence-corrected chi connectivity index (χ4v) is 3.74. The van der Waals surface area contributed by atoms with Crippen LogP contribution >= 0.6 is 11.6 Å². The van der Waals surface area contributed by atoms with Crippen LogP contribution in [0.2, 0.25) is 5.02 Å². The number of methoxy groups -OCH3 is 1. The Hall–Kier alpha value is -3.35. The van der Waals surface area contributed by atoms with E-state index in [1.54, 1.807) is 0 Å². The van der Waals surface area contributed by atoms with Crippen molar-refractivity contribution in [2.24, 2.45) is 5.10 Å². The van der Waals surface area contributed by atoms with Crippen LogP contribution in [0.25, 0.3) is 0 Å². The predicted octanol–water partition coefficient (Wildman–Crippen LogP) is 3.42. The van der Waals surface area contributed by atoms with Crippen molar-refractivity contribution in [2.45, 2.75) is 18.1 Å². The first-order chi connectivity index (χ1) is 15.5. The number of ether oxygens (including phenoxy) is 3. The van der Waals surface area contributed by atoms with Gasteiger partial charge in [0, 0.05) is 16.3 Å². The Bertz CT molecular complexity index is 1140. The fourth-order valence-electron chi connectivity index (χ4n) is 3.56. The third-order valence-corrected chi connectivity index (χ3v) is 5.23. The molecule has 4 rings (SSSR count). The van der Waals surface area contributed by atoms with Gasteiger partial charge in [0.05, 0.1) is 7.11 Å². The molecule has 2 amide bonds. The quantitative estimate of drug-likeness (QED) is 0.645. The third kappa shape index (κ3) is 4.08. The standard InChI is InChI=1S/C20H15ClF3N3O6/c1-31-17(29)19-15(13-7-2-10(21)8-14(13)16(19)28)26-27(9-32-19)18(30)25-11-3-5-12(6-4-11)33-20(22,23)24/h2-8,16,28H,9H2,1H3,(H,25,30)/t16?,19-/m0/s1. The van der Waals surface area contributed by atoms with Gasteiger partial charge in [-0.15, -0.1) is 13.2 Å². The highest BCUT2D eigenvalue weighted by atomic mass is 35.5. The average Bonchev–Trinajstić information content (AvgIpc) is 3.01. The Morgan fingerprint density at radius 1 is 1.27 bits per heavy atom. The number of fused-ring (bicyclic) bond motifs is 3. The van der Waals surface area contributed by atoms with E-state index in [1.807, 2.05) is 0 Å². The van der Waals surface area contributed by atoms with Gasteiger partial charge in [0.1, 0.15) is 24.3 Å². The number of aliphatic hydroxyl groups excluding tert-OH is 1. The van der Waals surface area contributed by atoms with Gasteiger partial charge in [0.25, 0.3) is 0 Å². The summed E-state index contributed by atoms with van der Waals surface area (Å²) in [4.78, 5) is 25.3. The number of benzene rings is 2. The number of carbonyl (C=O) groups excluding carboxylic acids is 2. The average molecular weight is 486 g/mol. The number of hydrogen-bond donors (Lipinski definition) is 2. The van der Waals surface area contributed by atoms with E-state index in [1.165, 1.54) is 30.3 Å². The molecule has 2 aromatic rings. The molecular formula is C20H15ClF3N3O6. The summed E-state index contributed by atoms with van der Waals surface area (Å²) in [6, 6.07) is 8.14. The van der Waals surface area contributed by atoms with Crippen molar-refractivity contribution in [3.8, 4) is 5.75 Å². The van der Waals surface area contributed by atoms with E-state index in [9.17, 15) is 27.9 Å². The van der Waals surface area contributed by atoms with Gasteiger partial charge in [-0.2, -0.15) is 10.1 Å². The molecule has 2 N–H and O–H groups in total. The van der Waals surface area contributed by atoms with Gasteiger partial charge in [-0.1, -0.05) is 17.7 Å². The largest absolute Gasteiger partial charge is 0.573 e. The normalized spacial score (nSPS) is 21.6. The molecule has 2 atom stereocenters. The number of nitrogens with one attached hydrogen (secondary N) is 1. The summed E-state index contributed by atoms with van der Waals surface area (Å²) < 4.78 is 51.1. The minimum Gasteiger partial charge on any atom is -0.466 e. The number of hydrogen-bond acceptors (Lipinski definition) is 7. The predicted molar refractivity (Wildman–Crippen MR) is 108 cm³/mol. The van der Waals surface area contributed by atoms with Crippen molar-refractivity contribution in [1.82, 2.24) is 5.01 Å². The lowest BCUT2D eigenvalue weighted by molar-refractivity contribution is -0.274. The van der Waals surface area contributed by atoms with E-state index < -0.39 is 42.5 Å². The number of esters is 1. The molecule has 1 heterocycles. The molecule has 0 aromatic heterocycles. The molecule has 1 aliphatic heterocycles. The zero-order valence-electron chi connectivity index (χ0n) is 16.7. The molecule has 0 saturated heterocycles. The lowest BCUT2D eigenvalue weighted by Gasteiger charge is -2.36. The van der Waals surface area contributed by atoms with Crippen LogP contribution in [0.15, 0.2) is 47.6 Å². The van der Waals surface area contributed by atoms with Crippen molar-refractivity contribution in [1.29, 1.82) is 0 Å². The topological polar surface area (TPSA) is 110 Å². The zero-order chi connectivity index (χ0) is 24.0. The van der Waals surface area contributed by atoms with Crippen LogP contribution in [0, 0.1) is 0 Å². The Balaban J connectivity index is 1.61. The van der Waals surface area contributed by atoms with E-state index in [-0.39, 0.29) is 17.0 Å². The van der Waals surface area contributed by atoms with Crippen molar-refractivity contribution < 1.29 is 42.1 Å². The monoisotopic (exact) mass is 485 g/mol. The summed E-state index contributed by atoms with van der Waals surface area (Å²) in [5.74, 6) is -1.37. The molecule has 1 unspecified atom stereocenters. The number of aliphatic hydroxyl groups is 1. The van der Waals surface area contributed by atoms with Gasteiger partial charge >= 0.3 is 18.4 Å². The number of carbonyl (C=O) groups is 2. The maximum atomic E-state index is 12.7. The summed E-state index contributed by atoms with van der Waals surface area (Å²) in [5.41, 5.74) is -1.28. The number of amides is 2. The van der Waals surface area contributed by atoms with Gasteiger partial charge in [-0.05, 0) is 42.0 Å². The van der Waals surface area contributed by atoms with Crippen LogP contribution in [0.4, 0.5) is 23.7 Å². The van der Waals surface area contributed by atoms with Gasteiger partial charge in [0.2, 0.25) is 5.60 Å². The first kappa shape index (κ1) is 22.8. The number of urea groups is 1. The smallest absolute Gasteiger partial charge is 0.466 e. The van der Waals surface area contributed by atoms with Crippen LogP contribution in [0.5, 0.6) is 5.75 Å². The molecule has 1 aliphatic carbocycles. The molecule has 9 nitrogen and oxygen atoms in total. The van der Waals surface area contributed by atoms with Crippen LogP contribution in [-0.2, 0) is 14.3 Å². The van der Waals surface area contributed by atoms with E-state index in [2.05, 4.69) is 15.2 Å². The first-order valence-electron chi connectivity index (χ1n) is 9.29. The van der Waals surface area contributed by atoms with Crippen molar-refractivity contribution in [3.63, 3.8) is 0 Å². The number of hydrazone groups is 1. The number of alkyl halides is 3. The molecule has 0 radical (unpaired) electrons. The van der Waals surface area contributed by atoms with Gasteiger partial charge in [-0.25, -0.2) is 9.59 Å². The molecule has 33 heavy (non-hydrogen) atoms. The van der Waals surface area contributed by atoms with E-state index in [0.717, 1.165) is 24.3 Å². The van der Waals surface area contributed by atoms with E-state index in [4.69, 9.17) is 21.1 Å². The number of halogens is 4. The third-order valence-electron chi connectivity index (χ3n) is 5.00. The maximum Gasteiger partial charge on any atom is 0.573 e. The minimum atomic E-state index is -4.84. The van der Waals surface area contributed by atoms with Gasteiger partial charge < -0.3 is 24.6 Å². The molecule has 174 valence electrons. The van der Waals surface area contributed by atoms with Crippen molar-refractivity contribution in [2.75, 3.05) is 19.2 Å². The summed E-state index contributed by atoms with van der Waals surface area (Å²) in [6.07, 6.45) is -6.33. The zero-order valence-corrected chi connectivity index (χ0v) is 17.5. The minimum absolute atomic E-state index is 0.0520. The molecule has 0 saturated carbocycles. The fraction of sp³-hybridized carbons (Fsp3) is 0.250. The number of rotatable bonds is 3. The van der Waals surface area contributed by atoms with Crippen molar-refractivity contribution in [3.05, 3.63) is 58.6 Å². The summed E-state index contributed by atoms with van der Waals surface area (Å²) in [5, 5.41) is 18.7. The van der Waals surface area contributed by atoms with E-state index in [0.29, 0.717) is 10.6 Å². The second kappa shape index (κ2) is 8.21. The highest BCUT2D eigenvalue weighted by Crippen LogP contribution is 2.45. The lowest BCUT2D eigenvalue weighted by Crippen LogP contribution is -2.56. The Morgan fingerprint density at radius 2 is 1.97 bits per heavy atom. The maximum absolute atomic E-state index is 12.7. The van der Waals surface area contributed by atoms with Crippen LogP contribution in [-0.4, -0.2) is 53.6 Å². The van der Waals surface area contributed by atoms with Crippen molar-refractivity contribution >= 4 is 35.0 Å². The van der Waals surface area contributed by atoms with E-state index >= 15 is 0 Å². The lowest BCUT2D eigenvalue weighted by atomic mass is 9.95. The molecule has 0 bridgehead atoms. The molecule has 2 aliphatic rings.